The molecule has 0 N–H and O–H groups in total. The molecule has 0 spiro atoms. The summed E-state index contributed by atoms with van der Waals surface area (Å²) in [4.78, 5) is 12.1. The number of methoxy groups -OCH3 is 1. The molecule has 0 heterocycles. The number of hydrogen-bond donors (Lipinski definition) is 0. The first kappa shape index (κ1) is 12.3. The number of benzene rings is 1. The highest BCUT2D eigenvalue weighted by Crippen LogP contribution is 2.26. The average Bonchev–Trinajstić information content (AvgIpc) is 2.28. The van der Waals surface area contributed by atoms with Gasteiger partial charge in [-0.15, -0.1) is 0 Å². The van der Waals surface area contributed by atoms with Crippen LogP contribution in [0.2, 0.25) is 0 Å². The Kier molecular flexibility index (Phi) is 3.68. The predicted octanol–water partition coefficient (Wildman–Crippen LogP) is 2.82. The Hall–Kier alpha value is -1.82. The molecule has 0 aromatic heterocycles. The maximum Gasteiger partial charge on any atom is 0.169 e. The van der Waals surface area contributed by atoms with Gasteiger partial charge in [0.25, 0.3) is 0 Å². The molecule has 1 rings (SSSR count). The summed E-state index contributed by atoms with van der Waals surface area (Å²) in [5.74, 6) is 0.700. The summed E-state index contributed by atoms with van der Waals surface area (Å²) in [5.41, 5.74) is -0.0235. The van der Waals surface area contributed by atoms with Gasteiger partial charge in [-0.1, -0.05) is 13.8 Å². The Morgan fingerprint density at radius 1 is 1.38 bits per heavy atom. The van der Waals surface area contributed by atoms with Crippen molar-refractivity contribution in [3.63, 3.8) is 0 Å². The van der Waals surface area contributed by atoms with Gasteiger partial charge >= 0.3 is 0 Å². The summed E-state index contributed by atoms with van der Waals surface area (Å²) < 4.78 is 5.02. The third kappa shape index (κ3) is 2.60. The molecule has 0 amide bonds. The third-order valence-electron chi connectivity index (χ3n) is 2.49. The van der Waals surface area contributed by atoms with Gasteiger partial charge in [-0.3, -0.25) is 4.79 Å². The van der Waals surface area contributed by atoms with Crippen LogP contribution in [-0.4, -0.2) is 12.9 Å². The van der Waals surface area contributed by atoms with Crippen molar-refractivity contribution < 1.29 is 9.53 Å². The summed E-state index contributed by atoms with van der Waals surface area (Å²) in [5, 5.41) is 8.66. The van der Waals surface area contributed by atoms with Gasteiger partial charge in [-0.25, -0.2) is 0 Å². The van der Waals surface area contributed by atoms with E-state index < -0.39 is 5.41 Å². The van der Waals surface area contributed by atoms with Crippen LogP contribution < -0.4 is 4.74 Å². The van der Waals surface area contributed by atoms with Gasteiger partial charge in [0.1, 0.15) is 5.75 Å². The molecule has 16 heavy (non-hydrogen) atoms. The van der Waals surface area contributed by atoms with Crippen molar-refractivity contribution >= 4 is 5.78 Å². The van der Waals surface area contributed by atoms with Crippen molar-refractivity contribution in [3.8, 4) is 11.8 Å². The van der Waals surface area contributed by atoms with Crippen LogP contribution >= 0.6 is 0 Å². The van der Waals surface area contributed by atoms with Gasteiger partial charge in [0.05, 0.1) is 13.2 Å². The van der Waals surface area contributed by atoms with Gasteiger partial charge in [0, 0.05) is 17.4 Å². The summed E-state index contributed by atoms with van der Waals surface area (Å²) in [6, 6.07) is 8.97. The van der Waals surface area contributed by atoms with Crippen LogP contribution in [0.4, 0.5) is 0 Å². The molecule has 0 saturated heterocycles. The second-order valence-corrected chi connectivity index (χ2v) is 4.28. The molecule has 3 nitrogen and oxygen atoms in total. The minimum atomic E-state index is -0.636. The number of nitriles is 1. The van der Waals surface area contributed by atoms with Gasteiger partial charge in [0.15, 0.2) is 5.78 Å². The molecule has 0 bridgehead atoms. The molecule has 0 atom stereocenters. The molecule has 0 aliphatic carbocycles. The minimum Gasteiger partial charge on any atom is -0.497 e. The van der Waals surface area contributed by atoms with Crippen molar-refractivity contribution in [3.05, 3.63) is 29.8 Å². The molecule has 84 valence electrons. The highest BCUT2D eigenvalue weighted by Gasteiger charge is 2.28. The monoisotopic (exact) mass is 217 g/mol. The number of ketones is 1. The number of ether oxygens (including phenoxy) is 1. The zero-order chi connectivity index (χ0) is 12.2. The van der Waals surface area contributed by atoms with E-state index in [4.69, 9.17) is 10.00 Å². The van der Waals surface area contributed by atoms with Crippen molar-refractivity contribution in [2.75, 3.05) is 7.11 Å². The second kappa shape index (κ2) is 4.80. The molecule has 0 aliphatic heterocycles. The lowest BCUT2D eigenvalue weighted by atomic mass is 9.82. The lowest BCUT2D eigenvalue weighted by Gasteiger charge is -2.19. The standard InChI is InChI=1S/C13H15NO2/c1-13(2,8-9-14)12(15)10-4-6-11(16-3)7-5-10/h4-7H,8H2,1-3H3. The number of hydrogen-bond acceptors (Lipinski definition) is 3. The Morgan fingerprint density at radius 2 is 1.94 bits per heavy atom. The summed E-state index contributed by atoms with van der Waals surface area (Å²) >= 11 is 0. The van der Waals surface area contributed by atoms with E-state index in [2.05, 4.69) is 0 Å². The van der Waals surface area contributed by atoms with Crippen LogP contribution in [0.5, 0.6) is 5.75 Å². The number of nitrogens with zero attached hydrogens (tertiary/aromatic N) is 1. The summed E-state index contributed by atoms with van der Waals surface area (Å²) in [7, 11) is 1.58. The van der Waals surface area contributed by atoms with Crippen molar-refractivity contribution in [2.45, 2.75) is 20.3 Å². The maximum absolute atomic E-state index is 12.1. The highest BCUT2D eigenvalue weighted by atomic mass is 16.5. The van der Waals surface area contributed by atoms with E-state index >= 15 is 0 Å². The molecule has 0 saturated carbocycles. The lowest BCUT2D eigenvalue weighted by Crippen LogP contribution is -2.23. The predicted molar refractivity (Wildman–Crippen MR) is 61.3 cm³/mol. The van der Waals surface area contributed by atoms with E-state index in [0.29, 0.717) is 5.56 Å². The SMILES string of the molecule is COc1ccc(C(=O)C(C)(C)CC#N)cc1. The Morgan fingerprint density at radius 3 is 2.38 bits per heavy atom. The minimum absolute atomic E-state index is 0.0169. The van der Waals surface area contributed by atoms with Crippen LogP contribution in [-0.2, 0) is 0 Å². The second-order valence-electron chi connectivity index (χ2n) is 4.28. The van der Waals surface area contributed by atoms with E-state index in [-0.39, 0.29) is 12.2 Å². The van der Waals surface area contributed by atoms with Gasteiger partial charge in [0.2, 0.25) is 0 Å². The van der Waals surface area contributed by atoms with Gasteiger partial charge in [-0.05, 0) is 24.3 Å². The van der Waals surface area contributed by atoms with Crippen LogP contribution in [0.1, 0.15) is 30.6 Å². The number of carbonyl (C=O) groups excluding carboxylic acids is 1. The smallest absolute Gasteiger partial charge is 0.169 e. The summed E-state index contributed by atoms with van der Waals surface area (Å²) in [6.07, 6.45) is 0.220. The normalized spacial score (nSPS) is 10.6. The first-order valence-corrected chi connectivity index (χ1v) is 5.07. The first-order valence-electron chi connectivity index (χ1n) is 5.07. The molecule has 0 unspecified atom stereocenters. The van der Waals surface area contributed by atoms with E-state index in [0.717, 1.165) is 5.75 Å². The Labute approximate surface area is 95.7 Å². The number of carbonyl (C=O) groups is 1. The van der Waals surface area contributed by atoms with Gasteiger partial charge in [-0.2, -0.15) is 5.26 Å². The number of Topliss-reactive ketones (excluding diaryl/α,β-unsaturated/α-hetero) is 1. The third-order valence-corrected chi connectivity index (χ3v) is 2.49. The van der Waals surface area contributed by atoms with Gasteiger partial charge < -0.3 is 4.74 Å². The fourth-order valence-electron chi connectivity index (χ4n) is 1.41. The molecule has 0 fully saturated rings. The maximum atomic E-state index is 12.1. The van der Waals surface area contributed by atoms with Crippen LogP contribution in [0.3, 0.4) is 0 Å². The largest absolute Gasteiger partial charge is 0.497 e. The number of rotatable bonds is 4. The van der Waals surface area contributed by atoms with Crippen molar-refractivity contribution in [2.24, 2.45) is 5.41 Å². The highest BCUT2D eigenvalue weighted by molar-refractivity contribution is 6.00. The Bertz CT molecular complexity index is 413. The molecule has 1 aromatic carbocycles. The average molecular weight is 217 g/mol. The van der Waals surface area contributed by atoms with Crippen molar-refractivity contribution in [1.29, 1.82) is 5.26 Å². The fourth-order valence-corrected chi connectivity index (χ4v) is 1.41. The van der Waals surface area contributed by atoms with E-state index in [9.17, 15) is 4.79 Å². The molecular formula is C13H15NO2. The van der Waals surface area contributed by atoms with Crippen LogP contribution in [0.25, 0.3) is 0 Å². The van der Waals surface area contributed by atoms with Crippen molar-refractivity contribution in [1.82, 2.24) is 0 Å². The summed E-state index contributed by atoms with van der Waals surface area (Å²) in [6.45, 7) is 3.56. The van der Waals surface area contributed by atoms with E-state index in [1.54, 1.807) is 45.2 Å². The zero-order valence-electron chi connectivity index (χ0n) is 9.78. The Balaban J connectivity index is 2.93. The lowest BCUT2D eigenvalue weighted by molar-refractivity contribution is 0.0843. The molecule has 0 radical (unpaired) electrons. The molecular weight excluding hydrogens is 202 g/mol. The van der Waals surface area contributed by atoms with Crippen LogP contribution in [0, 0.1) is 16.7 Å². The first-order chi connectivity index (χ1) is 7.51. The van der Waals surface area contributed by atoms with E-state index in [1.807, 2.05) is 6.07 Å². The fraction of sp³-hybridized carbons (Fsp3) is 0.385. The van der Waals surface area contributed by atoms with Crippen LogP contribution in [0.15, 0.2) is 24.3 Å². The topological polar surface area (TPSA) is 50.1 Å². The van der Waals surface area contributed by atoms with E-state index in [1.165, 1.54) is 0 Å². The molecule has 1 aromatic rings. The molecule has 0 aliphatic rings. The quantitative estimate of drug-likeness (QED) is 0.728. The zero-order valence-corrected chi connectivity index (χ0v) is 9.78. The molecule has 3 heteroatoms.